The lowest BCUT2D eigenvalue weighted by atomic mass is 10.2. The number of carbonyl (C=O) groups excluding carboxylic acids is 1. The van der Waals surface area contributed by atoms with Gasteiger partial charge in [0.15, 0.2) is 0 Å². The average Bonchev–Trinajstić information content (AvgIpc) is 3.28. The van der Waals surface area contributed by atoms with Gasteiger partial charge in [0.05, 0.1) is 12.0 Å². The fraction of sp³-hybridized carbons (Fsp3) is 0.250. The maximum atomic E-state index is 12.8. The van der Waals surface area contributed by atoms with Crippen molar-refractivity contribution in [2.24, 2.45) is 0 Å². The van der Waals surface area contributed by atoms with Crippen LogP contribution in [0.15, 0.2) is 45.7 Å². The Kier molecular flexibility index (Phi) is 7.05. The summed E-state index contributed by atoms with van der Waals surface area (Å²) in [6.07, 6.45) is 3.82. The van der Waals surface area contributed by atoms with Gasteiger partial charge in [0.25, 0.3) is 5.91 Å². The third kappa shape index (κ3) is 4.85. The van der Waals surface area contributed by atoms with Crippen molar-refractivity contribution >= 4 is 58.0 Å². The maximum absolute atomic E-state index is 12.8. The second-order valence-corrected chi connectivity index (χ2v) is 8.78. The van der Waals surface area contributed by atoms with E-state index in [4.69, 9.17) is 21.4 Å². The molecule has 1 fully saturated rings. The zero-order chi connectivity index (χ0) is 21.0. The minimum atomic E-state index is -1.06. The zero-order valence-electron chi connectivity index (χ0n) is 15.8. The van der Waals surface area contributed by atoms with E-state index in [1.165, 1.54) is 16.7 Å². The van der Waals surface area contributed by atoms with Gasteiger partial charge >= 0.3 is 5.97 Å². The molecule has 1 atom stereocenters. The number of hydrogen-bond donors (Lipinski definition) is 1. The molecule has 1 saturated heterocycles. The Labute approximate surface area is 182 Å². The highest BCUT2D eigenvalue weighted by molar-refractivity contribution is 8.26. The molecule has 0 spiro atoms. The van der Waals surface area contributed by atoms with Crippen molar-refractivity contribution in [2.75, 3.05) is 19.1 Å². The van der Waals surface area contributed by atoms with Crippen molar-refractivity contribution in [3.8, 4) is 17.1 Å². The number of benzene rings is 1. The predicted molar refractivity (Wildman–Crippen MR) is 120 cm³/mol. The number of carbonyl (C=O) groups is 2. The summed E-state index contributed by atoms with van der Waals surface area (Å²) in [7, 11) is 1.60. The lowest BCUT2D eigenvalue weighted by Crippen LogP contribution is -2.44. The number of aliphatic carboxylic acids is 1. The van der Waals surface area contributed by atoms with Gasteiger partial charge < -0.3 is 14.3 Å². The number of amides is 1. The lowest BCUT2D eigenvalue weighted by molar-refractivity contribution is -0.145. The molecule has 0 radical (unpaired) electrons. The molecule has 3 rings (SSSR count). The van der Waals surface area contributed by atoms with Gasteiger partial charge in [0, 0.05) is 11.6 Å². The summed E-state index contributed by atoms with van der Waals surface area (Å²) in [4.78, 5) is 26.0. The summed E-state index contributed by atoms with van der Waals surface area (Å²) >= 11 is 7.89. The number of furan rings is 1. The van der Waals surface area contributed by atoms with Gasteiger partial charge in [-0.15, -0.1) is 0 Å². The van der Waals surface area contributed by atoms with Gasteiger partial charge in [-0.05, 0) is 54.8 Å². The summed E-state index contributed by atoms with van der Waals surface area (Å²) in [5.74, 6) is 1.05. The van der Waals surface area contributed by atoms with E-state index in [0.717, 1.165) is 23.1 Å². The van der Waals surface area contributed by atoms with Crippen LogP contribution in [0.5, 0.6) is 5.75 Å². The Bertz CT molecular complexity index is 951. The number of carboxylic acids is 1. The first-order chi connectivity index (χ1) is 13.9. The molecule has 1 N–H and O–H groups in total. The molecule has 1 aliphatic heterocycles. The van der Waals surface area contributed by atoms with Crippen LogP contribution in [-0.2, 0) is 9.59 Å². The normalized spacial score (nSPS) is 16.5. The van der Waals surface area contributed by atoms with E-state index in [0.29, 0.717) is 28.6 Å². The third-order valence-electron chi connectivity index (χ3n) is 4.29. The monoisotopic (exact) mass is 449 g/mol. The fourth-order valence-electron chi connectivity index (χ4n) is 2.81. The number of thiocarbonyl (C=S) groups is 1. The standard InChI is InChI=1S/C20H19NO5S3/c1-25-13-5-3-12(4-6-13)16-8-7-14(26-16)11-17-18(22)21(20(27)29-17)15(19(23)24)9-10-28-2/h3-8,11,15H,9-10H2,1-2H3,(H,23,24)/b17-11-/t15-/m1/s1. The number of carboxylic acid groups (broad SMARTS) is 1. The molecule has 1 amide bonds. The molecule has 0 bridgehead atoms. The molecular formula is C20H19NO5S3. The first-order valence-electron chi connectivity index (χ1n) is 8.67. The Morgan fingerprint density at radius 2 is 2.07 bits per heavy atom. The highest BCUT2D eigenvalue weighted by Crippen LogP contribution is 2.35. The largest absolute Gasteiger partial charge is 0.497 e. The summed E-state index contributed by atoms with van der Waals surface area (Å²) in [5, 5.41) is 9.52. The van der Waals surface area contributed by atoms with Crippen LogP contribution in [0, 0.1) is 0 Å². The summed E-state index contributed by atoms with van der Waals surface area (Å²) in [6, 6.07) is 10.0. The van der Waals surface area contributed by atoms with Crippen molar-refractivity contribution in [1.82, 2.24) is 4.90 Å². The Hall–Kier alpha value is -2.23. The first kappa shape index (κ1) is 21.5. The van der Waals surface area contributed by atoms with Crippen LogP contribution >= 0.6 is 35.7 Å². The lowest BCUT2D eigenvalue weighted by Gasteiger charge is -2.22. The van der Waals surface area contributed by atoms with Crippen LogP contribution in [0.25, 0.3) is 17.4 Å². The van der Waals surface area contributed by atoms with Crippen LogP contribution in [0.1, 0.15) is 12.2 Å². The van der Waals surface area contributed by atoms with E-state index in [-0.39, 0.29) is 4.32 Å². The Morgan fingerprint density at radius 1 is 1.34 bits per heavy atom. The number of rotatable bonds is 8. The van der Waals surface area contributed by atoms with Gasteiger partial charge in [-0.3, -0.25) is 9.69 Å². The topological polar surface area (TPSA) is 80.0 Å². The van der Waals surface area contributed by atoms with Gasteiger partial charge in [-0.2, -0.15) is 11.8 Å². The molecule has 152 valence electrons. The molecule has 1 aromatic carbocycles. The van der Waals surface area contributed by atoms with Crippen molar-refractivity contribution in [3.63, 3.8) is 0 Å². The number of ether oxygens (including phenoxy) is 1. The average molecular weight is 450 g/mol. The Balaban J connectivity index is 1.80. The van der Waals surface area contributed by atoms with Gasteiger partial charge in [0.2, 0.25) is 0 Å². The molecule has 1 aromatic heterocycles. The number of hydrogen-bond acceptors (Lipinski definition) is 7. The van der Waals surface area contributed by atoms with E-state index in [2.05, 4.69) is 0 Å². The minimum absolute atomic E-state index is 0.247. The molecule has 0 unspecified atom stereocenters. The first-order valence-corrected chi connectivity index (χ1v) is 11.3. The zero-order valence-corrected chi connectivity index (χ0v) is 18.2. The highest BCUT2D eigenvalue weighted by atomic mass is 32.2. The molecule has 9 heteroatoms. The van der Waals surface area contributed by atoms with Crippen molar-refractivity contribution in [3.05, 3.63) is 47.1 Å². The summed E-state index contributed by atoms with van der Waals surface area (Å²) < 4.78 is 11.2. The summed E-state index contributed by atoms with van der Waals surface area (Å²) in [6.45, 7) is 0. The second kappa shape index (κ2) is 9.51. The van der Waals surface area contributed by atoms with Gasteiger partial charge in [0.1, 0.15) is 27.6 Å². The quantitative estimate of drug-likeness (QED) is 0.470. The third-order valence-corrected chi connectivity index (χ3v) is 6.26. The number of nitrogens with zero attached hydrogens (tertiary/aromatic N) is 1. The smallest absolute Gasteiger partial charge is 0.326 e. The molecule has 29 heavy (non-hydrogen) atoms. The van der Waals surface area contributed by atoms with E-state index < -0.39 is 17.9 Å². The number of thioether (sulfide) groups is 2. The van der Waals surface area contributed by atoms with Crippen molar-refractivity contribution in [2.45, 2.75) is 12.5 Å². The Morgan fingerprint density at radius 3 is 2.69 bits per heavy atom. The number of methoxy groups -OCH3 is 1. The molecule has 6 nitrogen and oxygen atoms in total. The maximum Gasteiger partial charge on any atom is 0.326 e. The summed E-state index contributed by atoms with van der Waals surface area (Å²) in [5.41, 5.74) is 0.876. The van der Waals surface area contributed by atoms with Crippen molar-refractivity contribution < 1.29 is 23.8 Å². The van der Waals surface area contributed by atoms with E-state index in [9.17, 15) is 14.7 Å². The highest BCUT2D eigenvalue weighted by Gasteiger charge is 2.40. The SMILES string of the molecule is COc1ccc(-c2ccc(/C=C3\SC(=S)N([C@H](CCSC)C(=O)O)C3=O)o2)cc1. The molecule has 2 aromatic rings. The molecule has 0 aliphatic carbocycles. The fourth-order valence-corrected chi connectivity index (χ4v) is 4.61. The van der Waals surface area contributed by atoms with Crippen LogP contribution in [0.4, 0.5) is 0 Å². The van der Waals surface area contributed by atoms with Crippen LogP contribution in [0.2, 0.25) is 0 Å². The molecular weight excluding hydrogens is 430 g/mol. The van der Waals surface area contributed by atoms with E-state index in [1.807, 2.05) is 36.6 Å². The molecule has 1 aliphatic rings. The van der Waals surface area contributed by atoms with Gasteiger partial charge in [-0.1, -0.05) is 24.0 Å². The van der Waals surface area contributed by atoms with Gasteiger partial charge in [-0.25, -0.2) is 4.79 Å². The van der Waals surface area contributed by atoms with E-state index in [1.54, 1.807) is 19.3 Å². The predicted octanol–water partition coefficient (Wildman–Crippen LogP) is 4.36. The van der Waals surface area contributed by atoms with Crippen LogP contribution in [0.3, 0.4) is 0 Å². The van der Waals surface area contributed by atoms with Crippen molar-refractivity contribution in [1.29, 1.82) is 0 Å². The molecule has 2 heterocycles. The minimum Gasteiger partial charge on any atom is -0.497 e. The van der Waals surface area contributed by atoms with Crippen LogP contribution in [-0.4, -0.2) is 51.4 Å². The molecule has 0 saturated carbocycles. The van der Waals surface area contributed by atoms with Crippen LogP contribution < -0.4 is 4.74 Å². The second-order valence-electron chi connectivity index (χ2n) is 6.12. The van der Waals surface area contributed by atoms with E-state index >= 15 is 0 Å².